The first kappa shape index (κ1) is 17.4. The van der Waals surface area contributed by atoms with Crippen molar-refractivity contribution in [3.8, 4) is 5.75 Å². The SMILES string of the molecule is O=C(O)Cc1c(Cl)ccc2ccc(OS(=O)(=O)C(F)(F)F)cc12. The highest BCUT2D eigenvalue weighted by Crippen LogP contribution is 2.32. The standard InChI is InChI=1S/C13H8ClF3O5S/c14-11-4-2-7-1-3-8(22-23(20,21)13(15,16)17)5-9(7)10(11)6-12(18)19/h1-5H,6H2,(H,18,19). The Kier molecular flexibility index (Phi) is 4.45. The average Bonchev–Trinajstić information content (AvgIpc) is 2.40. The molecule has 23 heavy (non-hydrogen) atoms. The van der Waals surface area contributed by atoms with Crippen LogP contribution < -0.4 is 4.18 Å². The molecule has 2 rings (SSSR count). The fourth-order valence-corrected chi connectivity index (χ4v) is 2.57. The van der Waals surface area contributed by atoms with E-state index < -0.39 is 33.8 Å². The molecule has 0 heterocycles. The van der Waals surface area contributed by atoms with Crippen LogP contribution >= 0.6 is 11.6 Å². The summed E-state index contributed by atoms with van der Waals surface area (Å²) in [4.78, 5) is 10.9. The number of hydrogen-bond acceptors (Lipinski definition) is 4. The van der Waals surface area contributed by atoms with Crippen LogP contribution in [0.3, 0.4) is 0 Å². The minimum Gasteiger partial charge on any atom is -0.481 e. The summed E-state index contributed by atoms with van der Waals surface area (Å²) in [7, 11) is -5.81. The van der Waals surface area contributed by atoms with E-state index in [1.165, 1.54) is 18.2 Å². The van der Waals surface area contributed by atoms with Gasteiger partial charge >= 0.3 is 21.6 Å². The van der Waals surface area contributed by atoms with Crippen LogP contribution in [-0.2, 0) is 21.3 Å². The van der Waals surface area contributed by atoms with Crippen molar-refractivity contribution in [2.75, 3.05) is 0 Å². The number of carbonyl (C=O) groups is 1. The van der Waals surface area contributed by atoms with Crippen LogP contribution in [0.25, 0.3) is 10.8 Å². The number of carboxylic acids is 1. The molecule has 2 aromatic carbocycles. The van der Waals surface area contributed by atoms with Crippen molar-refractivity contribution in [1.29, 1.82) is 0 Å². The molecule has 0 bridgehead atoms. The summed E-state index contributed by atoms with van der Waals surface area (Å²) in [6.07, 6.45) is -0.481. The molecule has 0 fully saturated rings. The highest BCUT2D eigenvalue weighted by molar-refractivity contribution is 7.88. The number of aliphatic carboxylic acids is 1. The Morgan fingerprint density at radius 3 is 2.39 bits per heavy atom. The van der Waals surface area contributed by atoms with Crippen molar-refractivity contribution in [2.45, 2.75) is 11.9 Å². The van der Waals surface area contributed by atoms with Crippen molar-refractivity contribution in [2.24, 2.45) is 0 Å². The molecule has 5 nitrogen and oxygen atoms in total. The Balaban J connectivity index is 2.55. The summed E-state index contributed by atoms with van der Waals surface area (Å²) in [6, 6.07) is 6.30. The maximum absolute atomic E-state index is 12.3. The van der Waals surface area contributed by atoms with Gasteiger partial charge in [-0.3, -0.25) is 4.79 Å². The Labute approximate surface area is 133 Å². The van der Waals surface area contributed by atoms with Crippen molar-refractivity contribution in [3.63, 3.8) is 0 Å². The van der Waals surface area contributed by atoms with Crippen LogP contribution in [-0.4, -0.2) is 25.0 Å². The normalized spacial score (nSPS) is 12.3. The molecule has 0 aliphatic heterocycles. The molecule has 0 saturated carbocycles. The van der Waals surface area contributed by atoms with Crippen LogP contribution in [0.1, 0.15) is 5.56 Å². The van der Waals surface area contributed by atoms with Crippen LogP contribution in [0, 0.1) is 0 Å². The monoisotopic (exact) mass is 368 g/mol. The lowest BCUT2D eigenvalue weighted by molar-refractivity contribution is -0.136. The van der Waals surface area contributed by atoms with Gasteiger partial charge in [-0.1, -0.05) is 23.7 Å². The number of halogens is 4. The first-order valence-corrected chi connectivity index (χ1v) is 7.73. The van der Waals surface area contributed by atoms with Gasteiger partial charge in [-0.2, -0.15) is 21.6 Å². The third kappa shape index (κ3) is 3.67. The first-order chi connectivity index (χ1) is 10.5. The predicted molar refractivity (Wildman–Crippen MR) is 75.9 cm³/mol. The Morgan fingerprint density at radius 1 is 1.22 bits per heavy atom. The van der Waals surface area contributed by atoms with Gasteiger partial charge in [0.05, 0.1) is 6.42 Å². The zero-order chi connectivity index (χ0) is 17.4. The fraction of sp³-hybridized carbons (Fsp3) is 0.154. The third-order valence-electron chi connectivity index (χ3n) is 2.86. The van der Waals surface area contributed by atoms with Gasteiger partial charge in [0.25, 0.3) is 0 Å². The number of carboxylic acid groups (broad SMARTS) is 1. The molecule has 0 atom stereocenters. The van der Waals surface area contributed by atoms with E-state index in [0.717, 1.165) is 12.1 Å². The minimum absolute atomic E-state index is 0.0933. The smallest absolute Gasteiger partial charge is 0.481 e. The summed E-state index contributed by atoms with van der Waals surface area (Å²) < 4.78 is 63.1. The highest BCUT2D eigenvalue weighted by Gasteiger charge is 2.48. The van der Waals surface area contributed by atoms with Gasteiger partial charge in [0.2, 0.25) is 0 Å². The van der Waals surface area contributed by atoms with Gasteiger partial charge in [-0.05, 0) is 34.5 Å². The summed E-state index contributed by atoms with van der Waals surface area (Å²) in [5.74, 6) is -1.79. The minimum atomic E-state index is -5.81. The quantitative estimate of drug-likeness (QED) is 0.661. The van der Waals surface area contributed by atoms with Crippen molar-refractivity contribution in [1.82, 2.24) is 0 Å². The van der Waals surface area contributed by atoms with E-state index in [0.29, 0.717) is 5.39 Å². The van der Waals surface area contributed by atoms with Crippen LogP contribution in [0.15, 0.2) is 30.3 Å². The fourth-order valence-electron chi connectivity index (χ4n) is 1.89. The van der Waals surface area contributed by atoms with Gasteiger partial charge < -0.3 is 9.29 Å². The molecule has 0 aromatic heterocycles. The van der Waals surface area contributed by atoms with Crippen LogP contribution in [0.2, 0.25) is 5.02 Å². The van der Waals surface area contributed by atoms with Gasteiger partial charge in [-0.25, -0.2) is 0 Å². The number of fused-ring (bicyclic) bond motifs is 1. The Hall–Kier alpha value is -2.00. The molecular formula is C13H8ClF3O5S. The molecule has 2 aromatic rings. The van der Waals surface area contributed by atoms with Gasteiger partial charge in [0, 0.05) is 5.02 Å². The van der Waals surface area contributed by atoms with E-state index >= 15 is 0 Å². The maximum atomic E-state index is 12.3. The topological polar surface area (TPSA) is 80.7 Å². The first-order valence-electron chi connectivity index (χ1n) is 5.95. The zero-order valence-electron chi connectivity index (χ0n) is 11.1. The van der Waals surface area contributed by atoms with Crippen molar-refractivity contribution < 1.29 is 35.7 Å². The molecule has 1 N–H and O–H groups in total. The third-order valence-corrected chi connectivity index (χ3v) is 4.20. The number of rotatable bonds is 4. The van der Waals surface area contributed by atoms with Gasteiger partial charge in [0.15, 0.2) is 0 Å². The second kappa shape index (κ2) is 5.89. The molecule has 0 saturated heterocycles. The van der Waals surface area contributed by atoms with Crippen LogP contribution in [0.4, 0.5) is 13.2 Å². The molecule has 0 spiro atoms. The predicted octanol–water partition coefficient (Wildman–Crippen LogP) is 3.35. The van der Waals surface area contributed by atoms with E-state index in [-0.39, 0.29) is 16.0 Å². The summed E-state index contributed by atoms with van der Waals surface area (Å²) in [6.45, 7) is 0. The average molecular weight is 369 g/mol. The highest BCUT2D eigenvalue weighted by atomic mass is 35.5. The van der Waals surface area contributed by atoms with E-state index in [4.69, 9.17) is 16.7 Å². The van der Waals surface area contributed by atoms with Gasteiger partial charge in [-0.15, -0.1) is 0 Å². The molecule has 0 aliphatic rings. The molecule has 0 aliphatic carbocycles. The van der Waals surface area contributed by atoms with Crippen LogP contribution in [0.5, 0.6) is 5.75 Å². The summed E-state index contributed by atoms with van der Waals surface area (Å²) >= 11 is 5.90. The molecule has 0 unspecified atom stereocenters. The van der Waals surface area contributed by atoms with E-state index in [2.05, 4.69) is 4.18 Å². The van der Waals surface area contributed by atoms with Crippen molar-refractivity contribution >= 4 is 38.5 Å². The molecule has 0 amide bonds. The Morgan fingerprint density at radius 2 is 1.83 bits per heavy atom. The van der Waals surface area contributed by atoms with Gasteiger partial charge in [0.1, 0.15) is 5.75 Å². The zero-order valence-corrected chi connectivity index (χ0v) is 12.7. The molecule has 124 valence electrons. The van der Waals surface area contributed by atoms with E-state index in [9.17, 15) is 26.4 Å². The molecular weight excluding hydrogens is 361 g/mol. The number of hydrogen-bond donors (Lipinski definition) is 1. The molecule has 10 heteroatoms. The van der Waals surface area contributed by atoms with Crippen molar-refractivity contribution in [3.05, 3.63) is 40.9 Å². The second-order valence-electron chi connectivity index (χ2n) is 4.46. The lowest BCUT2D eigenvalue weighted by Crippen LogP contribution is -2.28. The second-order valence-corrected chi connectivity index (χ2v) is 6.41. The van der Waals surface area contributed by atoms with E-state index in [1.807, 2.05) is 0 Å². The Bertz CT molecular complexity index is 877. The summed E-state index contributed by atoms with van der Waals surface area (Å²) in [5.41, 5.74) is -5.42. The number of alkyl halides is 3. The maximum Gasteiger partial charge on any atom is 0.534 e. The lowest BCUT2D eigenvalue weighted by atomic mass is 10.0. The largest absolute Gasteiger partial charge is 0.534 e. The summed E-state index contributed by atoms with van der Waals surface area (Å²) in [5, 5.41) is 9.64. The van der Waals surface area contributed by atoms with E-state index in [1.54, 1.807) is 0 Å². The number of benzene rings is 2. The molecule has 0 radical (unpaired) electrons. The lowest BCUT2D eigenvalue weighted by Gasteiger charge is -2.12.